The van der Waals surface area contributed by atoms with Gasteiger partial charge in [0.25, 0.3) is 0 Å². The van der Waals surface area contributed by atoms with Crippen molar-refractivity contribution in [2.45, 2.75) is 65.8 Å². The van der Waals surface area contributed by atoms with Crippen molar-refractivity contribution in [2.24, 2.45) is 11.3 Å². The van der Waals surface area contributed by atoms with Gasteiger partial charge in [0.05, 0.1) is 0 Å². The molecule has 0 radical (unpaired) electrons. The lowest BCUT2D eigenvalue weighted by molar-refractivity contribution is 0.198. The van der Waals surface area contributed by atoms with Crippen LogP contribution >= 0.6 is 0 Å². The highest BCUT2D eigenvalue weighted by Gasteiger charge is 2.28. The molecule has 0 saturated carbocycles. The molecule has 2 nitrogen and oxygen atoms in total. The average molecular weight is 254 g/mol. The Labute approximate surface area is 115 Å². The molecule has 1 fully saturated rings. The lowest BCUT2D eigenvalue weighted by Crippen LogP contribution is -2.32. The van der Waals surface area contributed by atoms with Gasteiger partial charge in [0.2, 0.25) is 0 Å². The molecule has 1 heterocycles. The van der Waals surface area contributed by atoms with Gasteiger partial charge in [-0.25, -0.2) is 0 Å². The van der Waals surface area contributed by atoms with Crippen LogP contribution in [0.2, 0.25) is 0 Å². The Morgan fingerprint density at radius 2 is 2.00 bits per heavy atom. The van der Waals surface area contributed by atoms with Crippen LogP contribution in [-0.2, 0) is 0 Å². The van der Waals surface area contributed by atoms with E-state index in [-0.39, 0.29) is 0 Å². The molecule has 1 saturated heterocycles. The van der Waals surface area contributed by atoms with E-state index in [0.717, 1.165) is 12.0 Å². The van der Waals surface area contributed by atoms with Crippen LogP contribution in [0.25, 0.3) is 0 Å². The summed E-state index contributed by atoms with van der Waals surface area (Å²) in [6, 6.07) is 0.829. The monoisotopic (exact) mass is 254 g/mol. The van der Waals surface area contributed by atoms with Gasteiger partial charge < -0.3 is 10.2 Å². The van der Waals surface area contributed by atoms with E-state index in [9.17, 15) is 0 Å². The quantitative estimate of drug-likeness (QED) is 0.667. The van der Waals surface area contributed by atoms with E-state index >= 15 is 0 Å². The number of hydrogen-bond acceptors (Lipinski definition) is 2. The summed E-state index contributed by atoms with van der Waals surface area (Å²) < 4.78 is 0. The van der Waals surface area contributed by atoms with Crippen molar-refractivity contribution in [3.63, 3.8) is 0 Å². The van der Waals surface area contributed by atoms with Crippen LogP contribution in [0.15, 0.2) is 0 Å². The highest BCUT2D eigenvalue weighted by atomic mass is 15.1. The predicted molar refractivity (Wildman–Crippen MR) is 81.0 cm³/mol. The molecule has 1 aliphatic rings. The van der Waals surface area contributed by atoms with E-state index in [1.807, 2.05) is 0 Å². The second-order valence-corrected chi connectivity index (χ2v) is 7.33. The Bertz CT molecular complexity index is 223. The Hall–Kier alpha value is -0.0800. The molecule has 108 valence electrons. The third-order valence-corrected chi connectivity index (χ3v) is 4.34. The van der Waals surface area contributed by atoms with Crippen LogP contribution in [0.5, 0.6) is 0 Å². The molecule has 1 N–H and O–H groups in total. The molecule has 0 spiro atoms. The molecular weight excluding hydrogens is 220 g/mol. The second kappa shape index (κ2) is 7.49. The summed E-state index contributed by atoms with van der Waals surface area (Å²) in [7, 11) is 2.29. The van der Waals surface area contributed by atoms with Crippen molar-refractivity contribution in [2.75, 3.05) is 26.7 Å². The third-order valence-electron chi connectivity index (χ3n) is 4.34. The lowest BCUT2D eigenvalue weighted by Gasteiger charge is -2.31. The fourth-order valence-corrected chi connectivity index (χ4v) is 2.92. The first kappa shape index (κ1) is 16.0. The molecule has 0 aromatic carbocycles. The predicted octanol–water partition coefficient (Wildman–Crippen LogP) is 3.52. The average Bonchev–Trinajstić information content (AvgIpc) is 2.62. The molecule has 0 aliphatic carbocycles. The topological polar surface area (TPSA) is 15.3 Å². The van der Waals surface area contributed by atoms with Gasteiger partial charge in [0, 0.05) is 6.04 Å². The Balaban J connectivity index is 2.14. The molecule has 1 atom stereocenters. The number of hydrogen-bond donors (Lipinski definition) is 1. The number of rotatable bonds is 8. The molecule has 2 heteroatoms. The third kappa shape index (κ3) is 6.19. The zero-order chi connectivity index (χ0) is 13.6. The Kier molecular flexibility index (Phi) is 6.65. The minimum absolute atomic E-state index is 0.480. The Morgan fingerprint density at radius 3 is 2.56 bits per heavy atom. The Morgan fingerprint density at radius 1 is 1.28 bits per heavy atom. The van der Waals surface area contributed by atoms with Crippen LogP contribution in [-0.4, -0.2) is 37.6 Å². The lowest BCUT2D eigenvalue weighted by atomic mass is 9.82. The summed E-state index contributed by atoms with van der Waals surface area (Å²) >= 11 is 0. The van der Waals surface area contributed by atoms with E-state index < -0.39 is 0 Å². The van der Waals surface area contributed by atoms with Crippen molar-refractivity contribution in [3.05, 3.63) is 0 Å². The van der Waals surface area contributed by atoms with E-state index in [1.54, 1.807) is 0 Å². The summed E-state index contributed by atoms with van der Waals surface area (Å²) in [5.74, 6) is 0.817. The molecule has 0 unspecified atom stereocenters. The van der Waals surface area contributed by atoms with Crippen LogP contribution in [0.4, 0.5) is 0 Å². The first-order valence-corrected chi connectivity index (χ1v) is 7.82. The second-order valence-electron chi connectivity index (χ2n) is 7.33. The van der Waals surface area contributed by atoms with Crippen molar-refractivity contribution in [3.8, 4) is 0 Å². The first-order chi connectivity index (χ1) is 8.41. The van der Waals surface area contributed by atoms with E-state index in [2.05, 4.69) is 45.0 Å². The van der Waals surface area contributed by atoms with Crippen molar-refractivity contribution >= 4 is 0 Å². The molecule has 0 amide bonds. The molecule has 0 aromatic heterocycles. The summed E-state index contributed by atoms with van der Waals surface area (Å²) in [5, 5.41) is 3.60. The number of nitrogens with one attached hydrogen (secondary N) is 1. The molecule has 0 aromatic rings. The van der Waals surface area contributed by atoms with Gasteiger partial charge in [-0.15, -0.1) is 0 Å². The highest BCUT2D eigenvalue weighted by molar-refractivity contribution is 4.83. The summed E-state index contributed by atoms with van der Waals surface area (Å²) in [6.45, 7) is 13.1. The zero-order valence-corrected chi connectivity index (χ0v) is 13.3. The van der Waals surface area contributed by atoms with Gasteiger partial charge in [-0.1, -0.05) is 27.7 Å². The van der Waals surface area contributed by atoms with Crippen LogP contribution in [0.3, 0.4) is 0 Å². The smallest absolute Gasteiger partial charge is 0.00977 e. The number of nitrogens with zero attached hydrogens (tertiary/aromatic N) is 1. The fourth-order valence-electron chi connectivity index (χ4n) is 2.92. The maximum atomic E-state index is 3.60. The van der Waals surface area contributed by atoms with Crippen molar-refractivity contribution < 1.29 is 0 Å². The summed E-state index contributed by atoms with van der Waals surface area (Å²) in [4.78, 5) is 2.55. The van der Waals surface area contributed by atoms with E-state index in [1.165, 1.54) is 51.7 Å². The van der Waals surface area contributed by atoms with Gasteiger partial charge >= 0.3 is 0 Å². The SMILES string of the molecule is CC(C)CCNCCC(C)(C)C[C@H]1CCCN1C. The largest absolute Gasteiger partial charge is 0.317 e. The maximum Gasteiger partial charge on any atom is 0.00977 e. The minimum Gasteiger partial charge on any atom is -0.317 e. The van der Waals surface area contributed by atoms with Crippen molar-refractivity contribution in [1.82, 2.24) is 10.2 Å². The summed E-state index contributed by atoms with van der Waals surface area (Å²) in [6.07, 6.45) is 6.75. The van der Waals surface area contributed by atoms with E-state index in [4.69, 9.17) is 0 Å². The van der Waals surface area contributed by atoms with Crippen LogP contribution in [0.1, 0.15) is 59.8 Å². The molecular formula is C16H34N2. The van der Waals surface area contributed by atoms with Gasteiger partial charge in [-0.2, -0.15) is 0 Å². The normalized spacial score (nSPS) is 22.0. The zero-order valence-electron chi connectivity index (χ0n) is 13.3. The van der Waals surface area contributed by atoms with Gasteiger partial charge in [0.1, 0.15) is 0 Å². The van der Waals surface area contributed by atoms with Crippen molar-refractivity contribution in [1.29, 1.82) is 0 Å². The highest BCUT2D eigenvalue weighted by Crippen LogP contribution is 2.31. The van der Waals surface area contributed by atoms with Crippen LogP contribution in [0, 0.1) is 11.3 Å². The molecule has 18 heavy (non-hydrogen) atoms. The molecule has 0 bridgehead atoms. The minimum atomic E-state index is 0.480. The summed E-state index contributed by atoms with van der Waals surface area (Å²) in [5.41, 5.74) is 0.480. The van der Waals surface area contributed by atoms with Gasteiger partial charge in [-0.05, 0) is 70.1 Å². The van der Waals surface area contributed by atoms with Crippen LogP contribution < -0.4 is 5.32 Å². The van der Waals surface area contributed by atoms with Gasteiger partial charge in [0.15, 0.2) is 0 Å². The van der Waals surface area contributed by atoms with Gasteiger partial charge in [-0.3, -0.25) is 0 Å². The number of likely N-dealkylation sites (tertiary alicyclic amines) is 1. The maximum absolute atomic E-state index is 3.60. The molecule has 1 rings (SSSR count). The fraction of sp³-hybridized carbons (Fsp3) is 1.00. The van der Waals surface area contributed by atoms with E-state index in [0.29, 0.717) is 5.41 Å². The standard InChI is InChI=1S/C16H34N2/c1-14(2)8-10-17-11-9-16(3,4)13-15-7-6-12-18(15)5/h14-15,17H,6-13H2,1-5H3/t15-/m1/s1. The first-order valence-electron chi connectivity index (χ1n) is 7.82. The molecule has 1 aliphatic heterocycles.